The summed E-state index contributed by atoms with van der Waals surface area (Å²) in [6.45, 7) is 28.4. The van der Waals surface area contributed by atoms with Gasteiger partial charge >= 0.3 is 59.5 Å². The zero-order chi connectivity index (χ0) is 33.7. The van der Waals surface area contributed by atoms with E-state index in [4.69, 9.17) is 0 Å². The van der Waals surface area contributed by atoms with E-state index in [1.165, 1.54) is 70.7 Å². The van der Waals surface area contributed by atoms with E-state index in [-0.39, 0.29) is 24.8 Å². The Bertz CT molecular complexity index is 1700. The fourth-order valence-corrected chi connectivity index (χ4v) is 10.6. The summed E-state index contributed by atoms with van der Waals surface area (Å²) in [6, 6.07) is 11.7. The molecule has 258 valence electrons. The molecule has 1 fully saturated rings. The van der Waals surface area contributed by atoms with Gasteiger partial charge in [0.15, 0.2) is 0 Å². The SMILES string of the molecule is CC1[C-]=CC([Si](C)(C)C)=C1.Cc1cc2c(c(C)c1C)C(C)c1c3c(c4ccccc4c1-2)C(C)C(C)C(C)[C-]3C.[Cl-].[Cl-].[Zr+2]=[C]1CCCCC1. The third-order valence-corrected chi connectivity index (χ3v) is 15.3. The molecule has 48 heavy (non-hydrogen) atoms. The Morgan fingerprint density at radius 3 is 1.92 bits per heavy atom. The van der Waals surface area contributed by atoms with Crippen LogP contribution in [0, 0.1) is 50.5 Å². The second kappa shape index (κ2) is 16.4. The van der Waals surface area contributed by atoms with Gasteiger partial charge in [0.05, 0.1) is 0 Å². The van der Waals surface area contributed by atoms with E-state index in [1.54, 1.807) is 60.8 Å². The van der Waals surface area contributed by atoms with Crippen LogP contribution in [0.2, 0.25) is 19.6 Å². The van der Waals surface area contributed by atoms with E-state index in [2.05, 4.69) is 131 Å². The summed E-state index contributed by atoms with van der Waals surface area (Å²) >= 11 is 1.69. The number of fused-ring (bicyclic) bond motifs is 8. The molecule has 0 aliphatic heterocycles. The van der Waals surface area contributed by atoms with Crippen LogP contribution in [0.15, 0.2) is 47.7 Å². The fraction of sp³-hybridized carbons (Fsp3) is 0.500. The third-order valence-electron chi connectivity index (χ3n) is 12.0. The van der Waals surface area contributed by atoms with Crippen molar-refractivity contribution in [1.29, 1.82) is 0 Å². The summed E-state index contributed by atoms with van der Waals surface area (Å²) in [7, 11) is -1.02. The van der Waals surface area contributed by atoms with Gasteiger partial charge in [-0.2, -0.15) is 17.6 Å². The first-order valence-electron chi connectivity index (χ1n) is 18.1. The van der Waals surface area contributed by atoms with Crippen molar-refractivity contribution in [3.8, 4) is 11.1 Å². The first kappa shape index (κ1) is 41.2. The number of halogens is 2. The standard InChI is InChI=1S/C29H33.C9H15Si.C6H10.2ClH.Zr/c1-14-13-24-25(18(5)15(14)2)21(8)28-27-20(7)17(4)16(3)19(6)26(27)22-11-9-10-12-23(22)29(24)28;1-8-5-6-9(7-8)10(2,3)4;1-2-4-6-5-3-1;;;/h9-13,16-17,19,21H,1-8H3;6-8H,1-4H3;1-5H2;2*1H;/q2*-1;;;;+2/p-2. The molecule has 1 saturated carbocycles. The van der Waals surface area contributed by atoms with Crippen molar-refractivity contribution >= 4 is 22.1 Å². The Morgan fingerprint density at radius 2 is 1.42 bits per heavy atom. The number of rotatable bonds is 1. The molecule has 3 aromatic carbocycles. The summed E-state index contributed by atoms with van der Waals surface area (Å²) in [6.07, 6.45) is 15.1. The van der Waals surface area contributed by atoms with Crippen molar-refractivity contribution in [1.82, 2.24) is 0 Å². The van der Waals surface area contributed by atoms with Crippen molar-refractivity contribution in [3.63, 3.8) is 0 Å². The van der Waals surface area contributed by atoms with Crippen LogP contribution in [0.4, 0.5) is 0 Å². The molecule has 3 aromatic rings. The molecule has 7 rings (SSSR count). The van der Waals surface area contributed by atoms with Crippen LogP contribution in [0.5, 0.6) is 0 Å². The molecule has 0 aromatic heterocycles. The van der Waals surface area contributed by atoms with Crippen molar-refractivity contribution in [2.75, 3.05) is 0 Å². The average molecular weight is 777 g/mol. The van der Waals surface area contributed by atoms with Gasteiger partial charge < -0.3 is 24.8 Å². The minimum absolute atomic E-state index is 0. The summed E-state index contributed by atoms with van der Waals surface area (Å²) in [4.78, 5) is 0. The Morgan fingerprint density at radius 1 is 0.812 bits per heavy atom. The zero-order valence-corrected chi connectivity index (χ0v) is 36.7. The van der Waals surface area contributed by atoms with Crippen LogP contribution in [0.3, 0.4) is 0 Å². The average Bonchev–Trinajstić information content (AvgIpc) is 3.59. The van der Waals surface area contributed by atoms with E-state index < -0.39 is 8.07 Å². The van der Waals surface area contributed by atoms with E-state index in [1.807, 2.05) is 0 Å². The normalized spacial score (nSPS) is 23.8. The monoisotopic (exact) mass is 774 g/mol. The van der Waals surface area contributed by atoms with Crippen molar-refractivity contribution in [2.45, 2.75) is 126 Å². The van der Waals surface area contributed by atoms with Crippen LogP contribution in [-0.2, 0) is 24.2 Å². The van der Waals surface area contributed by atoms with Crippen LogP contribution >= 0.6 is 0 Å². The molecule has 0 radical (unpaired) electrons. The van der Waals surface area contributed by atoms with E-state index in [0.717, 1.165) is 0 Å². The van der Waals surface area contributed by atoms with Gasteiger partial charge in [0, 0.05) is 0 Å². The molecule has 0 spiro atoms. The quantitative estimate of drug-likeness (QED) is 0.191. The molecule has 5 unspecified atom stereocenters. The van der Waals surface area contributed by atoms with Gasteiger partial charge in [-0.25, -0.2) is 11.3 Å². The second-order valence-electron chi connectivity index (χ2n) is 16.0. The molecular weight excluding hydrogens is 719 g/mol. The van der Waals surface area contributed by atoms with Crippen molar-refractivity contribution in [3.05, 3.63) is 98.6 Å². The molecule has 5 atom stereocenters. The molecule has 4 aliphatic rings. The first-order valence-corrected chi connectivity index (χ1v) is 22.8. The van der Waals surface area contributed by atoms with Gasteiger partial charge in [0.2, 0.25) is 0 Å². The van der Waals surface area contributed by atoms with Crippen molar-refractivity contribution < 1.29 is 49.0 Å². The van der Waals surface area contributed by atoms with Crippen LogP contribution in [-0.4, -0.2) is 11.3 Å². The molecule has 0 saturated heterocycles. The number of benzene rings is 3. The maximum atomic E-state index is 3.29. The van der Waals surface area contributed by atoms with Gasteiger partial charge in [-0.1, -0.05) is 126 Å². The first-order chi connectivity index (χ1) is 21.6. The molecule has 4 heteroatoms. The summed E-state index contributed by atoms with van der Waals surface area (Å²) < 4.78 is 1.80. The Kier molecular flexibility index (Phi) is 14.1. The molecule has 0 heterocycles. The van der Waals surface area contributed by atoms with Crippen LogP contribution in [0.25, 0.3) is 21.9 Å². The number of aryl methyl sites for hydroxylation is 1. The number of allylic oxidation sites excluding steroid dienone is 4. The number of hydrogen-bond acceptors (Lipinski definition) is 0. The molecule has 0 N–H and O–H groups in total. The Labute approximate surface area is 322 Å². The molecule has 0 bridgehead atoms. The zero-order valence-electron chi connectivity index (χ0n) is 31.7. The van der Waals surface area contributed by atoms with Crippen LogP contribution < -0.4 is 24.8 Å². The molecular formula is C44H58Cl2SiZr-2. The third kappa shape index (κ3) is 7.83. The summed E-state index contributed by atoms with van der Waals surface area (Å²) in [5, 5.41) is 4.48. The fourth-order valence-electron chi connectivity index (χ4n) is 8.47. The van der Waals surface area contributed by atoms with E-state index >= 15 is 0 Å². The minimum atomic E-state index is -1.02. The van der Waals surface area contributed by atoms with Gasteiger partial charge in [0.25, 0.3) is 0 Å². The molecule has 4 aliphatic carbocycles. The van der Waals surface area contributed by atoms with E-state index in [0.29, 0.717) is 29.6 Å². The maximum absolute atomic E-state index is 3.29. The van der Waals surface area contributed by atoms with Gasteiger partial charge in [-0.15, -0.1) is 11.1 Å². The predicted octanol–water partition coefficient (Wildman–Crippen LogP) is 6.71. The molecule has 0 amide bonds. The van der Waals surface area contributed by atoms with E-state index in [9.17, 15) is 0 Å². The van der Waals surface area contributed by atoms with Crippen molar-refractivity contribution in [2.24, 2.45) is 17.8 Å². The van der Waals surface area contributed by atoms with Gasteiger partial charge in [0.1, 0.15) is 0 Å². The summed E-state index contributed by atoms with van der Waals surface area (Å²) in [5.74, 6) is 4.50. The summed E-state index contributed by atoms with van der Waals surface area (Å²) in [5.41, 5.74) is 13.7. The second-order valence-corrected chi connectivity index (χ2v) is 22.8. The van der Waals surface area contributed by atoms with Gasteiger partial charge in [-0.3, -0.25) is 6.08 Å². The topological polar surface area (TPSA) is 0 Å². The predicted molar refractivity (Wildman–Crippen MR) is 202 cm³/mol. The van der Waals surface area contributed by atoms with Gasteiger partial charge in [-0.05, 0) is 68.0 Å². The molecule has 0 nitrogen and oxygen atoms in total. The Balaban J connectivity index is 0.000000271. The Hall–Kier alpha value is -1.18. The van der Waals surface area contributed by atoms with Crippen LogP contribution in [0.1, 0.15) is 124 Å². The number of hydrogen-bond donors (Lipinski definition) is 0.